The number of nitrogens with zero attached hydrogens (tertiary/aromatic N) is 1. The van der Waals surface area contributed by atoms with Crippen molar-refractivity contribution in [1.29, 1.82) is 0 Å². The van der Waals surface area contributed by atoms with Crippen LogP contribution in [0, 0.1) is 11.8 Å². The fraction of sp³-hybridized carbons (Fsp3) is 0.409. The Labute approximate surface area is 167 Å². The summed E-state index contributed by atoms with van der Waals surface area (Å²) in [4.78, 5) is 12.7. The lowest BCUT2D eigenvalue weighted by Crippen LogP contribution is -2.44. The van der Waals surface area contributed by atoms with Crippen LogP contribution in [-0.2, 0) is 21.4 Å². The van der Waals surface area contributed by atoms with Crippen LogP contribution in [0.5, 0.6) is 0 Å². The van der Waals surface area contributed by atoms with Crippen LogP contribution in [0.3, 0.4) is 0 Å². The Hall–Kier alpha value is -2.18. The lowest BCUT2D eigenvalue weighted by molar-refractivity contribution is -0.122. The standard InChI is InChI=1S/C22H28N2O3S/c1-2-19-17-24(28(26,27)21-11-7-4-8-12-21)14-13-20(19)15-22(25)23-16-18-9-5-3-6-10-18/h3-12,19-20H,2,13-17H2,1H3,(H,23,25)/t19-,20+/m1/s1. The summed E-state index contributed by atoms with van der Waals surface area (Å²) in [5, 5.41) is 2.99. The van der Waals surface area contributed by atoms with Gasteiger partial charge in [0.05, 0.1) is 4.90 Å². The van der Waals surface area contributed by atoms with Gasteiger partial charge in [-0.2, -0.15) is 4.31 Å². The van der Waals surface area contributed by atoms with Crippen molar-refractivity contribution in [2.45, 2.75) is 37.6 Å². The van der Waals surface area contributed by atoms with E-state index in [9.17, 15) is 13.2 Å². The predicted octanol–water partition coefficient (Wildman–Crippen LogP) is 3.43. The molecule has 5 nitrogen and oxygen atoms in total. The molecule has 1 fully saturated rings. The molecule has 2 aromatic carbocycles. The minimum atomic E-state index is -3.47. The molecular formula is C22H28N2O3S. The molecular weight excluding hydrogens is 372 g/mol. The van der Waals surface area contributed by atoms with Crippen molar-refractivity contribution in [1.82, 2.24) is 9.62 Å². The highest BCUT2D eigenvalue weighted by molar-refractivity contribution is 7.89. The molecule has 2 atom stereocenters. The van der Waals surface area contributed by atoms with Crippen molar-refractivity contribution in [3.05, 3.63) is 66.2 Å². The summed E-state index contributed by atoms with van der Waals surface area (Å²) in [5.41, 5.74) is 1.08. The lowest BCUT2D eigenvalue weighted by Gasteiger charge is -2.37. The monoisotopic (exact) mass is 400 g/mol. The van der Waals surface area contributed by atoms with E-state index in [4.69, 9.17) is 0 Å². The summed E-state index contributed by atoms with van der Waals surface area (Å²) in [6, 6.07) is 18.4. The van der Waals surface area contributed by atoms with E-state index in [1.807, 2.05) is 36.4 Å². The molecule has 1 amide bonds. The van der Waals surface area contributed by atoms with Gasteiger partial charge in [-0.1, -0.05) is 61.9 Å². The molecule has 1 saturated heterocycles. The molecule has 150 valence electrons. The Morgan fingerprint density at radius 1 is 1.04 bits per heavy atom. The highest BCUT2D eigenvalue weighted by Crippen LogP contribution is 2.32. The maximum absolute atomic E-state index is 12.9. The van der Waals surface area contributed by atoms with Crippen molar-refractivity contribution in [2.24, 2.45) is 11.8 Å². The predicted molar refractivity (Wildman–Crippen MR) is 110 cm³/mol. The maximum Gasteiger partial charge on any atom is 0.243 e. The molecule has 28 heavy (non-hydrogen) atoms. The van der Waals surface area contributed by atoms with Gasteiger partial charge in [0.25, 0.3) is 0 Å². The van der Waals surface area contributed by atoms with E-state index >= 15 is 0 Å². The second kappa shape index (κ2) is 9.34. The molecule has 1 aliphatic rings. The molecule has 1 N–H and O–H groups in total. The lowest BCUT2D eigenvalue weighted by atomic mass is 9.82. The van der Waals surface area contributed by atoms with Gasteiger partial charge in [-0.3, -0.25) is 4.79 Å². The first-order valence-electron chi connectivity index (χ1n) is 9.86. The average Bonchev–Trinajstić information content (AvgIpc) is 2.74. The van der Waals surface area contributed by atoms with Gasteiger partial charge in [0.2, 0.25) is 15.9 Å². The number of amides is 1. The minimum absolute atomic E-state index is 0.0340. The molecule has 0 spiro atoms. The molecule has 2 aromatic rings. The van der Waals surface area contributed by atoms with Crippen LogP contribution in [0.25, 0.3) is 0 Å². The smallest absolute Gasteiger partial charge is 0.243 e. The molecule has 0 unspecified atom stereocenters. The molecule has 0 saturated carbocycles. The normalized spacial score (nSPS) is 20.6. The van der Waals surface area contributed by atoms with Gasteiger partial charge in [-0.05, 0) is 36.0 Å². The molecule has 0 bridgehead atoms. The third-order valence-corrected chi connectivity index (χ3v) is 7.42. The zero-order valence-electron chi connectivity index (χ0n) is 16.3. The second-order valence-electron chi connectivity index (χ2n) is 7.36. The van der Waals surface area contributed by atoms with Crippen LogP contribution in [0.4, 0.5) is 0 Å². The highest BCUT2D eigenvalue weighted by atomic mass is 32.2. The fourth-order valence-electron chi connectivity index (χ4n) is 3.85. The summed E-state index contributed by atoms with van der Waals surface area (Å²) >= 11 is 0. The quantitative estimate of drug-likeness (QED) is 0.774. The summed E-state index contributed by atoms with van der Waals surface area (Å²) in [7, 11) is -3.47. The first-order chi connectivity index (χ1) is 13.5. The average molecular weight is 401 g/mol. The largest absolute Gasteiger partial charge is 0.352 e. The zero-order valence-corrected chi connectivity index (χ0v) is 17.1. The molecule has 0 radical (unpaired) electrons. The van der Waals surface area contributed by atoms with Gasteiger partial charge in [0.1, 0.15) is 0 Å². The van der Waals surface area contributed by atoms with Crippen molar-refractivity contribution < 1.29 is 13.2 Å². The van der Waals surface area contributed by atoms with Gasteiger partial charge in [0, 0.05) is 26.1 Å². The number of sulfonamides is 1. The third-order valence-electron chi connectivity index (χ3n) is 5.54. The van der Waals surface area contributed by atoms with E-state index in [2.05, 4.69) is 12.2 Å². The van der Waals surface area contributed by atoms with E-state index in [1.165, 1.54) is 0 Å². The number of hydrogen-bond acceptors (Lipinski definition) is 3. The van der Waals surface area contributed by atoms with Crippen molar-refractivity contribution in [2.75, 3.05) is 13.1 Å². The van der Waals surface area contributed by atoms with Crippen molar-refractivity contribution in [3.63, 3.8) is 0 Å². The first-order valence-corrected chi connectivity index (χ1v) is 11.3. The summed E-state index contributed by atoms with van der Waals surface area (Å²) in [6.07, 6.45) is 2.02. The van der Waals surface area contributed by atoms with Crippen LogP contribution < -0.4 is 5.32 Å². The van der Waals surface area contributed by atoms with Gasteiger partial charge in [0.15, 0.2) is 0 Å². The van der Waals surface area contributed by atoms with Crippen LogP contribution in [0.1, 0.15) is 31.7 Å². The highest BCUT2D eigenvalue weighted by Gasteiger charge is 2.35. The number of hydrogen-bond donors (Lipinski definition) is 1. The van der Waals surface area contributed by atoms with Crippen molar-refractivity contribution in [3.8, 4) is 0 Å². The van der Waals surface area contributed by atoms with Crippen LogP contribution >= 0.6 is 0 Å². The number of carbonyl (C=O) groups excluding carboxylic acids is 1. The fourth-order valence-corrected chi connectivity index (χ4v) is 5.38. The van der Waals surface area contributed by atoms with E-state index in [-0.39, 0.29) is 17.7 Å². The third kappa shape index (κ3) is 5.00. The van der Waals surface area contributed by atoms with Crippen molar-refractivity contribution >= 4 is 15.9 Å². The van der Waals surface area contributed by atoms with Gasteiger partial charge in [-0.25, -0.2) is 8.42 Å². The Morgan fingerprint density at radius 3 is 2.32 bits per heavy atom. The topological polar surface area (TPSA) is 66.5 Å². The van der Waals surface area contributed by atoms with Gasteiger partial charge >= 0.3 is 0 Å². The Balaban J connectivity index is 1.58. The first kappa shape index (κ1) is 20.6. The minimum Gasteiger partial charge on any atom is -0.352 e. The molecule has 1 heterocycles. The molecule has 0 aliphatic carbocycles. The SMILES string of the molecule is CC[C@@H]1CN(S(=O)(=O)c2ccccc2)CC[C@H]1CC(=O)NCc1ccccc1. The molecule has 0 aromatic heterocycles. The van der Waals surface area contributed by atoms with E-state index < -0.39 is 10.0 Å². The summed E-state index contributed by atoms with van der Waals surface area (Å²) < 4.78 is 27.3. The number of carbonyl (C=O) groups is 1. The molecule has 6 heteroatoms. The Morgan fingerprint density at radius 2 is 1.68 bits per heavy atom. The number of rotatable bonds is 7. The molecule has 3 rings (SSSR count). The van der Waals surface area contributed by atoms with E-state index in [1.54, 1.807) is 28.6 Å². The summed E-state index contributed by atoms with van der Waals surface area (Å²) in [6.45, 7) is 3.53. The Kier molecular flexibility index (Phi) is 6.86. The second-order valence-corrected chi connectivity index (χ2v) is 9.30. The van der Waals surface area contributed by atoms with E-state index in [0.717, 1.165) is 12.0 Å². The van der Waals surface area contributed by atoms with E-state index in [0.29, 0.717) is 37.4 Å². The van der Waals surface area contributed by atoms with Crippen LogP contribution in [-0.4, -0.2) is 31.7 Å². The van der Waals surface area contributed by atoms with Crippen LogP contribution in [0.15, 0.2) is 65.6 Å². The van der Waals surface area contributed by atoms with Gasteiger partial charge in [-0.15, -0.1) is 0 Å². The number of nitrogens with one attached hydrogen (secondary N) is 1. The molecule has 1 aliphatic heterocycles. The van der Waals surface area contributed by atoms with Crippen LogP contribution in [0.2, 0.25) is 0 Å². The number of piperidine rings is 1. The van der Waals surface area contributed by atoms with Gasteiger partial charge < -0.3 is 5.32 Å². The maximum atomic E-state index is 12.9. The Bertz CT molecular complexity index is 869. The number of benzene rings is 2. The summed E-state index contributed by atoms with van der Waals surface area (Å²) in [5.74, 6) is 0.435. The zero-order chi connectivity index (χ0) is 20.0.